The quantitative estimate of drug-likeness (QED) is 0.144. The Kier molecular flexibility index (Phi) is 9.41. The van der Waals surface area contributed by atoms with Crippen molar-refractivity contribution in [2.24, 2.45) is 0 Å². The van der Waals surface area contributed by atoms with Gasteiger partial charge in [-0.3, -0.25) is 0 Å². The summed E-state index contributed by atoms with van der Waals surface area (Å²) in [5.74, 6) is 0.287. The summed E-state index contributed by atoms with van der Waals surface area (Å²) < 4.78 is 0. The van der Waals surface area contributed by atoms with Gasteiger partial charge in [-0.05, 0) is 136 Å². The first-order valence-corrected chi connectivity index (χ1v) is 24.0. The van der Waals surface area contributed by atoms with Crippen LogP contribution in [-0.2, 0) is 5.41 Å². The molecular weight excluding hydrogens is 819 g/mol. The molecule has 0 radical (unpaired) electrons. The summed E-state index contributed by atoms with van der Waals surface area (Å²) in [5.41, 5.74) is 21.4. The topological polar surface area (TPSA) is 3.24 Å². The van der Waals surface area contributed by atoms with Gasteiger partial charge < -0.3 is 4.90 Å². The van der Waals surface area contributed by atoms with Gasteiger partial charge in [-0.15, -0.1) is 0 Å². The maximum atomic E-state index is 2.51. The SMILES string of the molecule is CC1(C)c2ccccc2-c2cc(-c3ccccc3)c(N(c3ccc(-c4cc5ccccc5c5ccccc45)cc3)c3ccc(C4c5ccccc5-c5ccccc5C4c4ccccc4)cc3)cc21. The molecule has 0 fully saturated rings. The molecule has 2 atom stereocenters. The van der Waals surface area contributed by atoms with E-state index in [9.17, 15) is 0 Å². The number of hydrogen-bond acceptors (Lipinski definition) is 1. The van der Waals surface area contributed by atoms with Crippen molar-refractivity contribution in [3.8, 4) is 44.5 Å². The summed E-state index contributed by atoms with van der Waals surface area (Å²) in [5, 5.41) is 5.07. The second-order valence-corrected chi connectivity index (χ2v) is 19.2. The average molecular weight is 868 g/mol. The van der Waals surface area contributed by atoms with E-state index in [1.54, 1.807) is 0 Å². The van der Waals surface area contributed by atoms with E-state index in [2.05, 4.69) is 267 Å². The van der Waals surface area contributed by atoms with Crippen LogP contribution in [0.1, 0.15) is 59.1 Å². The van der Waals surface area contributed by atoms with Gasteiger partial charge in [0.25, 0.3) is 0 Å². The van der Waals surface area contributed by atoms with Crippen LogP contribution in [0.15, 0.2) is 249 Å². The van der Waals surface area contributed by atoms with Crippen LogP contribution in [-0.4, -0.2) is 0 Å². The van der Waals surface area contributed by atoms with Crippen molar-refractivity contribution in [3.05, 3.63) is 282 Å². The second kappa shape index (κ2) is 16.0. The third kappa shape index (κ3) is 6.38. The molecule has 0 aliphatic heterocycles. The second-order valence-electron chi connectivity index (χ2n) is 19.2. The van der Waals surface area contributed by atoms with E-state index in [0.29, 0.717) is 0 Å². The Morgan fingerprint density at radius 3 is 1.50 bits per heavy atom. The Balaban J connectivity index is 1.01. The standard InChI is InChI=1S/C67H49N/c1-67(2)62-32-18-17-29-56(62)61-42-60(44-19-5-3-6-20-44)64(43-63(61)67)68(49-37-33-45(34-38-49)59-41-48-23-9-10-24-51(48)52-25-11-12-28-55(52)59)50-39-35-47(36-40-50)66-58-31-16-14-27-54(58)53-26-13-15-30-57(53)65(66)46-21-7-4-8-22-46/h3-43,65-66H,1-2H3. The van der Waals surface area contributed by atoms with Crippen LogP contribution < -0.4 is 4.90 Å². The molecule has 0 saturated heterocycles. The number of hydrogen-bond donors (Lipinski definition) is 0. The van der Waals surface area contributed by atoms with Crippen LogP contribution in [0.25, 0.3) is 66.1 Å². The van der Waals surface area contributed by atoms with E-state index >= 15 is 0 Å². The third-order valence-corrected chi connectivity index (χ3v) is 15.1. The normalized spacial score (nSPS) is 15.3. The molecule has 0 aromatic heterocycles. The fourth-order valence-electron chi connectivity index (χ4n) is 11.9. The predicted molar refractivity (Wildman–Crippen MR) is 287 cm³/mol. The van der Waals surface area contributed by atoms with Crippen molar-refractivity contribution in [1.29, 1.82) is 0 Å². The Labute approximate surface area is 399 Å². The fourth-order valence-corrected chi connectivity index (χ4v) is 11.9. The zero-order valence-electron chi connectivity index (χ0n) is 38.3. The summed E-state index contributed by atoms with van der Waals surface area (Å²) in [6.07, 6.45) is 0. The van der Waals surface area contributed by atoms with Crippen LogP contribution in [0, 0.1) is 0 Å². The monoisotopic (exact) mass is 867 g/mol. The molecule has 2 aliphatic rings. The number of rotatable bonds is 7. The number of fused-ring (bicyclic) bond motifs is 9. The van der Waals surface area contributed by atoms with E-state index in [-0.39, 0.29) is 17.3 Å². The van der Waals surface area contributed by atoms with Crippen molar-refractivity contribution < 1.29 is 0 Å². The molecule has 0 saturated carbocycles. The lowest BCUT2D eigenvalue weighted by Gasteiger charge is -2.37. The molecule has 0 bridgehead atoms. The third-order valence-electron chi connectivity index (χ3n) is 15.1. The zero-order chi connectivity index (χ0) is 45.3. The molecule has 0 N–H and O–H groups in total. The van der Waals surface area contributed by atoms with Gasteiger partial charge in [0.15, 0.2) is 0 Å². The minimum atomic E-state index is -0.177. The van der Waals surface area contributed by atoms with Crippen LogP contribution >= 0.6 is 0 Å². The fraction of sp³-hybridized carbons (Fsp3) is 0.0746. The molecule has 11 aromatic carbocycles. The molecule has 2 unspecified atom stereocenters. The van der Waals surface area contributed by atoms with Gasteiger partial charge >= 0.3 is 0 Å². The van der Waals surface area contributed by atoms with Crippen molar-refractivity contribution in [2.75, 3.05) is 4.90 Å². The van der Waals surface area contributed by atoms with E-state index in [4.69, 9.17) is 0 Å². The Bertz CT molecular complexity index is 3700. The molecule has 68 heavy (non-hydrogen) atoms. The maximum Gasteiger partial charge on any atom is 0.0543 e. The highest BCUT2D eigenvalue weighted by Crippen LogP contribution is 2.55. The Hall–Kier alpha value is -8.26. The minimum absolute atomic E-state index is 0.126. The van der Waals surface area contributed by atoms with Crippen molar-refractivity contribution in [2.45, 2.75) is 31.1 Å². The lowest BCUT2D eigenvalue weighted by molar-refractivity contribution is 0.660. The Morgan fingerprint density at radius 1 is 0.324 bits per heavy atom. The summed E-state index contributed by atoms with van der Waals surface area (Å²) in [7, 11) is 0. The molecule has 1 nitrogen and oxygen atoms in total. The summed E-state index contributed by atoms with van der Waals surface area (Å²) in [4.78, 5) is 2.51. The molecule has 2 aliphatic carbocycles. The molecule has 11 aromatic rings. The van der Waals surface area contributed by atoms with Gasteiger partial charge in [-0.2, -0.15) is 0 Å². The maximum absolute atomic E-state index is 2.51. The number of benzene rings is 11. The lowest BCUT2D eigenvalue weighted by atomic mass is 9.66. The van der Waals surface area contributed by atoms with Gasteiger partial charge in [-0.1, -0.05) is 220 Å². The predicted octanol–water partition coefficient (Wildman–Crippen LogP) is 18.0. The summed E-state index contributed by atoms with van der Waals surface area (Å²) in [6, 6.07) is 92.9. The van der Waals surface area contributed by atoms with E-state index < -0.39 is 0 Å². The molecule has 1 heteroatoms. The Morgan fingerprint density at radius 2 is 0.824 bits per heavy atom. The van der Waals surface area contributed by atoms with E-state index in [0.717, 1.165) is 17.1 Å². The first-order chi connectivity index (χ1) is 33.5. The molecule has 0 spiro atoms. The first-order valence-electron chi connectivity index (χ1n) is 24.0. The lowest BCUT2D eigenvalue weighted by Crippen LogP contribution is -2.20. The van der Waals surface area contributed by atoms with Gasteiger partial charge in [0.2, 0.25) is 0 Å². The number of anilines is 3. The first kappa shape index (κ1) is 40.1. The highest BCUT2D eigenvalue weighted by Gasteiger charge is 2.38. The molecule has 13 rings (SSSR count). The van der Waals surface area contributed by atoms with Gasteiger partial charge in [-0.25, -0.2) is 0 Å². The van der Waals surface area contributed by atoms with E-state index in [1.807, 2.05) is 0 Å². The van der Waals surface area contributed by atoms with Gasteiger partial charge in [0, 0.05) is 34.2 Å². The summed E-state index contributed by atoms with van der Waals surface area (Å²) >= 11 is 0. The zero-order valence-corrected chi connectivity index (χ0v) is 38.3. The van der Waals surface area contributed by atoms with Crippen LogP contribution in [0.2, 0.25) is 0 Å². The van der Waals surface area contributed by atoms with Crippen LogP contribution in [0.5, 0.6) is 0 Å². The van der Waals surface area contributed by atoms with Crippen LogP contribution in [0.4, 0.5) is 17.1 Å². The summed E-state index contributed by atoms with van der Waals surface area (Å²) in [6.45, 7) is 4.77. The molecule has 322 valence electrons. The highest BCUT2D eigenvalue weighted by atomic mass is 15.1. The molecular formula is C67H49N. The van der Waals surface area contributed by atoms with Crippen molar-refractivity contribution in [3.63, 3.8) is 0 Å². The largest absolute Gasteiger partial charge is 0.310 e. The average Bonchev–Trinajstić information content (AvgIpc) is 3.63. The minimum Gasteiger partial charge on any atom is -0.310 e. The smallest absolute Gasteiger partial charge is 0.0543 e. The molecule has 0 amide bonds. The van der Waals surface area contributed by atoms with Crippen molar-refractivity contribution >= 4 is 38.6 Å². The van der Waals surface area contributed by atoms with Crippen molar-refractivity contribution in [1.82, 2.24) is 0 Å². The highest BCUT2D eigenvalue weighted by molar-refractivity contribution is 6.13. The molecule has 0 heterocycles. The number of nitrogens with zero attached hydrogens (tertiary/aromatic N) is 1. The van der Waals surface area contributed by atoms with E-state index in [1.165, 1.54) is 99.4 Å². The van der Waals surface area contributed by atoms with Gasteiger partial charge in [0.05, 0.1) is 5.69 Å². The van der Waals surface area contributed by atoms with Crippen LogP contribution in [0.3, 0.4) is 0 Å². The van der Waals surface area contributed by atoms with Gasteiger partial charge in [0.1, 0.15) is 0 Å².